The molecule has 1 atom stereocenters. The van der Waals surface area contributed by atoms with Gasteiger partial charge >= 0.3 is 12.0 Å². The van der Waals surface area contributed by atoms with Crippen molar-refractivity contribution in [3.05, 3.63) is 0 Å². The molecule has 0 bridgehead atoms. The minimum atomic E-state index is -1.19. The number of carbonyl (C=O) groups excluding carboxylic acids is 3. The summed E-state index contributed by atoms with van der Waals surface area (Å²) in [6.07, 6.45) is 0.857. The van der Waals surface area contributed by atoms with E-state index in [0.717, 1.165) is 4.90 Å². The Morgan fingerprint density at radius 1 is 1.35 bits per heavy atom. The number of hydrogen-bond acceptors (Lipinski definition) is 4. The van der Waals surface area contributed by atoms with Gasteiger partial charge in [0.1, 0.15) is 18.1 Å². The van der Waals surface area contributed by atoms with Crippen molar-refractivity contribution < 1.29 is 24.3 Å². The first kappa shape index (κ1) is 15.9. The maximum absolute atomic E-state index is 12.2. The zero-order valence-corrected chi connectivity index (χ0v) is 11.7. The summed E-state index contributed by atoms with van der Waals surface area (Å²) >= 11 is 0. The Hall–Kier alpha value is -2.12. The number of amides is 4. The number of hydrogen-bond donors (Lipinski definition) is 3. The van der Waals surface area contributed by atoms with Crippen LogP contribution in [0.2, 0.25) is 0 Å². The monoisotopic (exact) mass is 285 g/mol. The first-order valence-corrected chi connectivity index (χ1v) is 6.43. The predicted octanol–water partition coefficient (Wildman–Crippen LogP) is -0.314. The highest BCUT2D eigenvalue weighted by Crippen LogP contribution is 2.24. The van der Waals surface area contributed by atoms with Crippen molar-refractivity contribution in [2.45, 2.75) is 45.2 Å². The van der Waals surface area contributed by atoms with E-state index in [1.54, 1.807) is 13.8 Å². The van der Waals surface area contributed by atoms with Crippen molar-refractivity contribution in [3.63, 3.8) is 0 Å². The summed E-state index contributed by atoms with van der Waals surface area (Å²) in [5, 5.41) is 13.5. The van der Waals surface area contributed by atoms with Crippen LogP contribution in [-0.4, -0.2) is 51.9 Å². The van der Waals surface area contributed by atoms with Crippen molar-refractivity contribution in [2.75, 3.05) is 6.54 Å². The van der Waals surface area contributed by atoms with E-state index in [0.29, 0.717) is 12.8 Å². The van der Waals surface area contributed by atoms with Crippen LogP contribution in [0.15, 0.2) is 0 Å². The number of carboxylic acids is 1. The standard InChI is InChI=1S/C12H19N3O5/c1-4-12(5-2)10(19)15(11(20)14-12)6-8(16)13-7(3)9(17)18/h7H,4-6H2,1-3H3,(H,13,16)(H,14,20)(H,17,18)/t7-/m1/s1. The van der Waals surface area contributed by atoms with E-state index in [2.05, 4.69) is 10.6 Å². The molecule has 8 heteroatoms. The molecule has 1 saturated heterocycles. The molecule has 0 radical (unpaired) electrons. The van der Waals surface area contributed by atoms with Crippen LogP contribution in [-0.2, 0) is 14.4 Å². The van der Waals surface area contributed by atoms with Gasteiger partial charge in [-0.2, -0.15) is 0 Å². The number of rotatable bonds is 6. The Morgan fingerprint density at radius 2 is 1.90 bits per heavy atom. The number of nitrogens with one attached hydrogen (secondary N) is 2. The smallest absolute Gasteiger partial charge is 0.325 e. The Morgan fingerprint density at radius 3 is 2.30 bits per heavy atom. The molecule has 0 aromatic heterocycles. The summed E-state index contributed by atoms with van der Waals surface area (Å²) in [4.78, 5) is 47.1. The van der Waals surface area contributed by atoms with Crippen molar-refractivity contribution in [3.8, 4) is 0 Å². The molecule has 4 amide bonds. The van der Waals surface area contributed by atoms with E-state index >= 15 is 0 Å². The Labute approximate surface area is 116 Å². The number of nitrogens with zero attached hydrogens (tertiary/aromatic N) is 1. The van der Waals surface area contributed by atoms with Gasteiger partial charge in [-0.1, -0.05) is 13.8 Å². The van der Waals surface area contributed by atoms with Crippen molar-refractivity contribution in [1.82, 2.24) is 15.5 Å². The Kier molecular flexibility index (Phi) is 4.69. The molecule has 0 aromatic rings. The van der Waals surface area contributed by atoms with Crippen LogP contribution >= 0.6 is 0 Å². The lowest BCUT2D eigenvalue weighted by Gasteiger charge is -2.23. The zero-order chi connectivity index (χ0) is 15.5. The molecule has 0 unspecified atom stereocenters. The summed E-state index contributed by atoms with van der Waals surface area (Å²) in [6.45, 7) is 4.37. The second kappa shape index (κ2) is 5.89. The second-order valence-electron chi connectivity index (χ2n) is 4.74. The molecule has 0 saturated carbocycles. The van der Waals surface area contributed by atoms with Crippen molar-refractivity contribution >= 4 is 23.8 Å². The summed E-state index contributed by atoms with van der Waals surface area (Å²) in [7, 11) is 0. The second-order valence-corrected chi connectivity index (χ2v) is 4.74. The molecule has 1 aliphatic heterocycles. The predicted molar refractivity (Wildman–Crippen MR) is 68.8 cm³/mol. The number of urea groups is 1. The third-order valence-electron chi connectivity index (χ3n) is 3.50. The van der Waals surface area contributed by atoms with Crippen LogP contribution in [0, 0.1) is 0 Å². The van der Waals surface area contributed by atoms with Crippen molar-refractivity contribution in [1.29, 1.82) is 0 Å². The molecule has 1 aliphatic rings. The average Bonchev–Trinajstić information content (AvgIpc) is 2.63. The highest BCUT2D eigenvalue weighted by molar-refractivity contribution is 6.09. The maximum atomic E-state index is 12.2. The molecule has 1 fully saturated rings. The number of carboxylic acid groups (broad SMARTS) is 1. The van der Waals surface area contributed by atoms with Crippen molar-refractivity contribution in [2.24, 2.45) is 0 Å². The molecule has 0 aliphatic carbocycles. The Balaban J connectivity index is 2.74. The molecule has 1 heterocycles. The lowest BCUT2D eigenvalue weighted by molar-refractivity contribution is -0.141. The van der Waals surface area contributed by atoms with Gasteiger partial charge in [0.25, 0.3) is 5.91 Å². The summed E-state index contributed by atoms with van der Waals surface area (Å²) in [5.74, 6) is -2.33. The van der Waals surface area contributed by atoms with Gasteiger partial charge in [0.15, 0.2) is 0 Å². The molecule has 20 heavy (non-hydrogen) atoms. The van der Waals surface area contributed by atoms with E-state index < -0.39 is 41.9 Å². The van der Waals surface area contributed by atoms with E-state index in [-0.39, 0.29) is 0 Å². The van der Waals surface area contributed by atoms with E-state index in [9.17, 15) is 19.2 Å². The SMILES string of the molecule is CCC1(CC)NC(=O)N(CC(=O)N[C@H](C)C(=O)O)C1=O. The van der Waals surface area contributed by atoms with Crippen LogP contribution in [0.25, 0.3) is 0 Å². The summed E-state index contributed by atoms with van der Waals surface area (Å²) < 4.78 is 0. The quantitative estimate of drug-likeness (QED) is 0.579. The number of aliphatic carboxylic acids is 1. The minimum absolute atomic E-state index is 0.428. The number of imide groups is 1. The third-order valence-corrected chi connectivity index (χ3v) is 3.50. The van der Waals surface area contributed by atoms with Gasteiger partial charge in [-0.25, -0.2) is 4.79 Å². The van der Waals surface area contributed by atoms with Crippen LogP contribution in [0.1, 0.15) is 33.6 Å². The molecular weight excluding hydrogens is 266 g/mol. The fraction of sp³-hybridized carbons (Fsp3) is 0.667. The first-order chi connectivity index (χ1) is 9.27. The zero-order valence-electron chi connectivity index (χ0n) is 11.7. The van der Waals surface area contributed by atoms with Gasteiger partial charge in [0, 0.05) is 0 Å². The highest BCUT2D eigenvalue weighted by atomic mass is 16.4. The van der Waals surface area contributed by atoms with E-state index in [1.807, 2.05) is 0 Å². The van der Waals surface area contributed by atoms with Gasteiger partial charge in [-0.15, -0.1) is 0 Å². The molecule has 3 N–H and O–H groups in total. The van der Waals surface area contributed by atoms with Gasteiger partial charge < -0.3 is 15.7 Å². The summed E-state index contributed by atoms with van der Waals surface area (Å²) in [6, 6.07) is -1.71. The topological polar surface area (TPSA) is 116 Å². The molecule has 1 rings (SSSR count). The third kappa shape index (κ3) is 2.89. The lowest BCUT2D eigenvalue weighted by atomic mass is 9.93. The van der Waals surface area contributed by atoms with Gasteiger partial charge in [0.05, 0.1) is 0 Å². The van der Waals surface area contributed by atoms with Gasteiger partial charge in [-0.3, -0.25) is 19.3 Å². The summed E-state index contributed by atoms with van der Waals surface area (Å²) in [5.41, 5.74) is -0.963. The van der Waals surface area contributed by atoms with E-state index in [1.165, 1.54) is 6.92 Å². The highest BCUT2D eigenvalue weighted by Gasteiger charge is 2.49. The molecule has 112 valence electrons. The fourth-order valence-corrected chi connectivity index (χ4v) is 2.04. The largest absolute Gasteiger partial charge is 0.480 e. The van der Waals surface area contributed by atoms with Crippen LogP contribution in [0.4, 0.5) is 4.79 Å². The normalized spacial score (nSPS) is 18.6. The van der Waals surface area contributed by atoms with Gasteiger partial charge in [-0.05, 0) is 19.8 Å². The lowest BCUT2D eigenvalue weighted by Crippen LogP contribution is -2.48. The van der Waals surface area contributed by atoms with Crippen LogP contribution in [0.3, 0.4) is 0 Å². The molecule has 8 nitrogen and oxygen atoms in total. The Bertz CT molecular complexity index is 444. The molecular formula is C12H19N3O5. The molecule has 0 aromatic carbocycles. The molecule has 0 spiro atoms. The minimum Gasteiger partial charge on any atom is -0.480 e. The first-order valence-electron chi connectivity index (χ1n) is 6.43. The van der Waals surface area contributed by atoms with Crippen LogP contribution < -0.4 is 10.6 Å². The van der Waals surface area contributed by atoms with Gasteiger partial charge in [0.2, 0.25) is 5.91 Å². The van der Waals surface area contributed by atoms with E-state index in [4.69, 9.17) is 5.11 Å². The van der Waals surface area contributed by atoms with Crippen LogP contribution in [0.5, 0.6) is 0 Å². The number of carbonyl (C=O) groups is 4. The fourth-order valence-electron chi connectivity index (χ4n) is 2.04. The maximum Gasteiger partial charge on any atom is 0.325 e. The average molecular weight is 285 g/mol.